The zero-order valence-electron chi connectivity index (χ0n) is 11.1. The summed E-state index contributed by atoms with van der Waals surface area (Å²) >= 11 is 0. The number of rotatable bonds is 3. The maximum atomic E-state index is 12.1. The van der Waals surface area contributed by atoms with Crippen LogP contribution in [0.25, 0.3) is 11.3 Å². The van der Waals surface area contributed by atoms with E-state index in [1.165, 1.54) is 0 Å². The molecule has 3 rings (SSSR count). The molecule has 1 saturated heterocycles. The van der Waals surface area contributed by atoms with Crippen LogP contribution >= 0.6 is 0 Å². The van der Waals surface area contributed by atoms with Crippen molar-refractivity contribution in [2.75, 3.05) is 11.5 Å². The molecule has 0 aromatic carbocycles. The lowest BCUT2D eigenvalue weighted by Gasteiger charge is -2.08. The highest BCUT2D eigenvalue weighted by Gasteiger charge is 2.29. The van der Waals surface area contributed by atoms with Crippen molar-refractivity contribution in [2.24, 2.45) is 0 Å². The minimum atomic E-state index is -3.01. The highest BCUT2D eigenvalue weighted by molar-refractivity contribution is 7.91. The number of aromatic amines is 1. The van der Waals surface area contributed by atoms with E-state index in [0.29, 0.717) is 17.8 Å². The molecule has 0 bridgehead atoms. The Balaban J connectivity index is 1.70. The van der Waals surface area contributed by atoms with E-state index in [9.17, 15) is 13.2 Å². The van der Waals surface area contributed by atoms with Crippen molar-refractivity contribution in [1.29, 1.82) is 0 Å². The Bertz CT molecular complexity index is 755. The number of aromatic nitrogens is 3. The van der Waals surface area contributed by atoms with Gasteiger partial charge in [0.15, 0.2) is 9.84 Å². The average Bonchev–Trinajstić information content (AvgIpc) is 3.07. The molecule has 0 spiro atoms. The van der Waals surface area contributed by atoms with E-state index in [2.05, 4.69) is 20.5 Å². The van der Waals surface area contributed by atoms with Gasteiger partial charge in [-0.2, -0.15) is 5.10 Å². The first-order chi connectivity index (χ1) is 10.0. The smallest absolute Gasteiger partial charge is 0.269 e. The lowest BCUT2D eigenvalue weighted by Crippen LogP contribution is -2.35. The molecule has 1 aliphatic rings. The number of hydrogen-bond donors (Lipinski definition) is 2. The molecule has 110 valence electrons. The fraction of sp³-hybridized carbons (Fsp3) is 0.308. The number of hydrogen-bond acceptors (Lipinski definition) is 5. The number of H-pyrrole nitrogens is 1. The van der Waals surface area contributed by atoms with Gasteiger partial charge in [0.1, 0.15) is 5.69 Å². The molecule has 7 nitrogen and oxygen atoms in total. The van der Waals surface area contributed by atoms with Gasteiger partial charge in [0.05, 0.1) is 17.2 Å². The van der Waals surface area contributed by atoms with Crippen molar-refractivity contribution in [3.63, 3.8) is 0 Å². The van der Waals surface area contributed by atoms with Gasteiger partial charge in [0.25, 0.3) is 5.91 Å². The van der Waals surface area contributed by atoms with E-state index in [0.717, 1.165) is 5.56 Å². The molecular weight excluding hydrogens is 292 g/mol. The van der Waals surface area contributed by atoms with Gasteiger partial charge in [-0.1, -0.05) is 0 Å². The third-order valence-electron chi connectivity index (χ3n) is 3.35. The van der Waals surface area contributed by atoms with E-state index in [-0.39, 0.29) is 23.5 Å². The molecule has 0 aliphatic carbocycles. The van der Waals surface area contributed by atoms with Crippen LogP contribution in [0, 0.1) is 0 Å². The standard InChI is InChI=1S/C13H14N4O3S/c18-13(15-10-3-5-21(19,20)8-10)12-6-11(16-17-12)9-2-1-4-14-7-9/h1-2,4,6-7,10H,3,5,8H2,(H,15,18)(H,16,17)/t10-/m0/s1. The molecule has 2 aromatic heterocycles. The van der Waals surface area contributed by atoms with Crippen molar-refractivity contribution < 1.29 is 13.2 Å². The van der Waals surface area contributed by atoms with Crippen molar-refractivity contribution in [2.45, 2.75) is 12.5 Å². The highest BCUT2D eigenvalue weighted by Crippen LogP contribution is 2.16. The van der Waals surface area contributed by atoms with Crippen LogP contribution < -0.4 is 5.32 Å². The summed E-state index contributed by atoms with van der Waals surface area (Å²) < 4.78 is 22.7. The SMILES string of the molecule is O=C(N[C@H]1CCS(=O)(=O)C1)c1cc(-c2cccnc2)n[nH]1. The van der Waals surface area contributed by atoms with Crippen LogP contribution in [-0.4, -0.2) is 47.1 Å². The van der Waals surface area contributed by atoms with Gasteiger partial charge < -0.3 is 5.32 Å². The van der Waals surface area contributed by atoms with Crippen LogP contribution in [0.1, 0.15) is 16.9 Å². The molecule has 0 unspecified atom stereocenters. The van der Waals surface area contributed by atoms with Crippen LogP contribution in [0.15, 0.2) is 30.6 Å². The fourth-order valence-electron chi connectivity index (χ4n) is 2.27. The fourth-order valence-corrected chi connectivity index (χ4v) is 3.95. The third kappa shape index (κ3) is 3.10. The molecule has 1 fully saturated rings. The minimum Gasteiger partial charge on any atom is -0.347 e. The normalized spacial score (nSPS) is 20.3. The van der Waals surface area contributed by atoms with Crippen molar-refractivity contribution in [3.05, 3.63) is 36.3 Å². The molecule has 0 saturated carbocycles. The summed E-state index contributed by atoms with van der Waals surface area (Å²) in [5.41, 5.74) is 1.72. The number of nitrogens with one attached hydrogen (secondary N) is 2. The Morgan fingerprint density at radius 2 is 2.29 bits per heavy atom. The largest absolute Gasteiger partial charge is 0.347 e. The lowest BCUT2D eigenvalue weighted by atomic mass is 10.2. The number of amides is 1. The zero-order chi connectivity index (χ0) is 14.9. The summed E-state index contributed by atoms with van der Waals surface area (Å²) in [5, 5.41) is 9.44. The second-order valence-corrected chi connectivity index (χ2v) is 7.21. The minimum absolute atomic E-state index is 0.00232. The Kier molecular flexibility index (Phi) is 3.46. The Morgan fingerprint density at radius 3 is 2.95 bits per heavy atom. The van der Waals surface area contributed by atoms with Crippen LogP contribution in [0.3, 0.4) is 0 Å². The van der Waals surface area contributed by atoms with Gasteiger partial charge in [-0.15, -0.1) is 0 Å². The molecule has 1 atom stereocenters. The van der Waals surface area contributed by atoms with Gasteiger partial charge in [-0.25, -0.2) is 8.42 Å². The van der Waals surface area contributed by atoms with Crippen LogP contribution in [0.4, 0.5) is 0 Å². The first-order valence-electron chi connectivity index (χ1n) is 6.50. The predicted molar refractivity (Wildman–Crippen MR) is 76.3 cm³/mol. The monoisotopic (exact) mass is 306 g/mol. The van der Waals surface area contributed by atoms with E-state index < -0.39 is 9.84 Å². The maximum Gasteiger partial charge on any atom is 0.269 e. The number of pyridine rings is 1. The van der Waals surface area contributed by atoms with E-state index >= 15 is 0 Å². The molecule has 0 radical (unpaired) electrons. The topological polar surface area (TPSA) is 105 Å². The maximum absolute atomic E-state index is 12.1. The summed E-state index contributed by atoms with van der Waals surface area (Å²) in [6, 6.07) is 4.92. The van der Waals surface area contributed by atoms with Crippen molar-refractivity contribution >= 4 is 15.7 Å². The molecule has 1 aliphatic heterocycles. The lowest BCUT2D eigenvalue weighted by molar-refractivity contribution is 0.0936. The number of sulfone groups is 1. The molecule has 2 N–H and O–H groups in total. The molecule has 3 heterocycles. The summed E-state index contributed by atoms with van der Waals surface area (Å²) in [7, 11) is -3.01. The Labute approximate surface area is 121 Å². The van der Waals surface area contributed by atoms with Gasteiger partial charge in [-0.05, 0) is 24.6 Å². The molecule has 21 heavy (non-hydrogen) atoms. The van der Waals surface area contributed by atoms with Crippen LogP contribution in [0.2, 0.25) is 0 Å². The van der Waals surface area contributed by atoms with Gasteiger partial charge in [-0.3, -0.25) is 14.9 Å². The highest BCUT2D eigenvalue weighted by atomic mass is 32.2. The summed E-state index contributed by atoms with van der Waals surface area (Å²) in [6.07, 6.45) is 3.77. The quantitative estimate of drug-likeness (QED) is 0.853. The summed E-state index contributed by atoms with van der Waals surface area (Å²) in [5.74, 6) is -0.218. The second kappa shape index (κ2) is 5.28. The van der Waals surface area contributed by atoms with E-state index in [1.807, 2.05) is 6.07 Å². The zero-order valence-corrected chi connectivity index (χ0v) is 11.9. The van der Waals surface area contributed by atoms with E-state index in [4.69, 9.17) is 0 Å². The number of carbonyl (C=O) groups is 1. The second-order valence-electron chi connectivity index (χ2n) is 4.98. The Morgan fingerprint density at radius 1 is 1.43 bits per heavy atom. The van der Waals surface area contributed by atoms with Gasteiger partial charge in [0.2, 0.25) is 0 Å². The van der Waals surface area contributed by atoms with Crippen molar-refractivity contribution in [3.8, 4) is 11.3 Å². The number of nitrogens with zero attached hydrogens (tertiary/aromatic N) is 2. The number of carbonyl (C=O) groups excluding carboxylic acids is 1. The summed E-state index contributed by atoms with van der Waals surface area (Å²) in [4.78, 5) is 16.1. The molecule has 1 amide bonds. The molecule has 2 aromatic rings. The third-order valence-corrected chi connectivity index (χ3v) is 5.12. The Hall–Kier alpha value is -2.22. The van der Waals surface area contributed by atoms with Crippen LogP contribution in [-0.2, 0) is 9.84 Å². The molecular formula is C13H14N4O3S. The predicted octanol–water partition coefficient (Wildman–Crippen LogP) is 0.389. The van der Waals surface area contributed by atoms with Gasteiger partial charge in [0, 0.05) is 24.0 Å². The first kappa shape index (κ1) is 13.7. The van der Waals surface area contributed by atoms with Gasteiger partial charge >= 0.3 is 0 Å². The van der Waals surface area contributed by atoms with E-state index in [1.54, 1.807) is 24.5 Å². The van der Waals surface area contributed by atoms with Crippen molar-refractivity contribution in [1.82, 2.24) is 20.5 Å². The molecule has 8 heteroatoms. The average molecular weight is 306 g/mol. The van der Waals surface area contributed by atoms with Crippen LogP contribution in [0.5, 0.6) is 0 Å². The summed E-state index contributed by atoms with van der Waals surface area (Å²) in [6.45, 7) is 0. The first-order valence-corrected chi connectivity index (χ1v) is 8.33.